The second-order valence-corrected chi connectivity index (χ2v) is 5.67. The molecule has 3 nitrogen and oxygen atoms in total. The molecule has 3 heteroatoms. The third-order valence-corrected chi connectivity index (χ3v) is 4.29. The molecule has 0 aromatic rings. The number of carboxylic acid groups (broad SMARTS) is 1. The van der Waals surface area contributed by atoms with Gasteiger partial charge in [0.15, 0.2) is 0 Å². The zero-order valence-electron chi connectivity index (χ0n) is 11.0. The van der Waals surface area contributed by atoms with Gasteiger partial charge in [0, 0.05) is 0 Å². The zero-order chi connectivity index (χ0) is 12.3. The van der Waals surface area contributed by atoms with Crippen molar-refractivity contribution in [3.05, 3.63) is 0 Å². The Morgan fingerprint density at radius 2 is 1.94 bits per heavy atom. The summed E-state index contributed by atoms with van der Waals surface area (Å²) in [7, 11) is 3.79. The van der Waals surface area contributed by atoms with Gasteiger partial charge in [-0.2, -0.15) is 0 Å². The third-order valence-electron chi connectivity index (χ3n) is 4.29. The normalized spacial score (nSPS) is 31.8. The van der Waals surface area contributed by atoms with Gasteiger partial charge in [-0.3, -0.25) is 9.69 Å². The van der Waals surface area contributed by atoms with Crippen LogP contribution < -0.4 is 0 Å². The molecule has 0 saturated heterocycles. The van der Waals surface area contributed by atoms with Gasteiger partial charge >= 0.3 is 5.97 Å². The SMILES string of the molecule is CC(C)C1CCCC(C(=O)O)(N(C)C)CC1. The highest BCUT2D eigenvalue weighted by molar-refractivity contribution is 5.78. The van der Waals surface area contributed by atoms with Crippen LogP contribution in [-0.4, -0.2) is 35.6 Å². The van der Waals surface area contributed by atoms with E-state index >= 15 is 0 Å². The molecule has 0 bridgehead atoms. The molecule has 0 aromatic carbocycles. The standard InChI is InChI=1S/C13H25NO2/c1-10(2)11-6-5-8-13(9-7-11,12(15)16)14(3)4/h10-11H,5-9H2,1-4H3,(H,15,16). The quantitative estimate of drug-likeness (QED) is 0.753. The first-order chi connectivity index (χ1) is 7.40. The summed E-state index contributed by atoms with van der Waals surface area (Å²) < 4.78 is 0. The van der Waals surface area contributed by atoms with Crippen LogP contribution in [0.25, 0.3) is 0 Å². The van der Waals surface area contributed by atoms with Gasteiger partial charge in [-0.05, 0) is 45.2 Å². The van der Waals surface area contributed by atoms with Crippen LogP contribution in [0, 0.1) is 11.8 Å². The van der Waals surface area contributed by atoms with Gasteiger partial charge in [-0.25, -0.2) is 0 Å². The highest BCUT2D eigenvalue weighted by atomic mass is 16.4. The van der Waals surface area contributed by atoms with Crippen molar-refractivity contribution in [1.82, 2.24) is 4.90 Å². The first kappa shape index (κ1) is 13.5. The average Bonchev–Trinajstić information content (AvgIpc) is 2.39. The van der Waals surface area contributed by atoms with E-state index in [0.29, 0.717) is 11.8 Å². The number of likely N-dealkylation sites (N-methyl/N-ethyl adjacent to an activating group) is 1. The first-order valence-corrected chi connectivity index (χ1v) is 6.31. The van der Waals surface area contributed by atoms with E-state index in [4.69, 9.17) is 0 Å². The molecule has 1 aliphatic carbocycles. The summed E-state index contributed by atoms with van der Waals surface area (Å²) in [5.41, 5.74) is -0.621. The van der Waals surface area contributed by atoms with E-state index in [1.807, 2.05) is 19.0 Å². The van der Waals surface area contributed by atoms with Crippen molar-refractivity contribution in [2.24, 2.45) is 11.8 Å². The molecule has 1 N–H and O–H groups in total. The van der Waals surface area contributed by atoms with Gasteiger partial charge in [-0.1, -0.05) is 26.7 Å². The lowest BCUT2D eigenvalue weighted by atomic mass is 9.86. The van der Waals surface area contributed by atoms with Gasteiger partial charge in [0.2, 0.25) is 0 Å². The first-order valence-electron chi connectivity index (χ1n) is 6.31. The maximum absolute atomic E-state index is 11.5. The van der Waals surface area contributed by atoms with Crippen LogP contribution in [0.1, 0.15) is 46.0 Å². The Kier molecular flexibility index (Phi) is 4.36. The fourth-order valence-corrected chi connectivity index (χ4v) is 2.87. The van der Waals surface area contributed by atoms with E-state index in [1.165, 1.54) is 6.42 Å². The van der Waals surface area contributed by atoms with Crippen LogP contribution >= 0.6 is 0 Å². The number of aliphatic carboxylic acids is 1. The highest BCUT2D eigenvalue weighted by Gasteiger charge is 2.42. The van der Waals surface area contributed by atoms with Crippen molar-refractivity contribution >= 4 is 5.97 Å². The summed E-state index contributed by atoms with van der Waals surface area (Å²) in [5.74, 6) is 0.717. The highest BCUT2D eigenvalue weighted by Crippen LogP contribution is 2.36. The molecular formula is C13H25NO2. The number of carboxylic acids is 1. The van der Waals surface area contributed by atoms with Crippen LogP contribution in [0.5, 0.6) is 0 Å². The molecule has 2 unspecified atom stereocenters. The number of carbonyl (C=O) groups is 1. The lowest BCUT2D eigenvalue weighted by Crippen LogP contribution is -2.50. The van der Waals surface area contributed by atoms with Crippen LogP contribution in [0.4, 0.5) is 0 Å². The summed E-state index contributed by atoms with van der Waals surface area (Å²) in [4.78, 5) is 13.4. The molecule has 0 aliphatic heterocycles. The van der Waals surface area contributed by atoms with E-state index < -0.39 is 11.5 Å². The molecule has 0 amide bonds. The molecule has 1 aliphatic rings. The van der Waals surface area contributed by atoms with E-state index in [-0.39, 0.29) is 0 Å². The second-order valence-electron chi connectivity index (χ2n) is 5.67. The third kappa shape index (κ3) is 2.57. The molecule has 0 heterocycles. The fourth-order valence-electron chi connectivity index (χ4n) is 2.87. The molecule has 16 heavy (non-hydrogen) atoms. The number of nitrogens with zero attached hydrogens (tertiary/aromatic N) is 1. The minimum atomic E-state index is -0.651. The lowest BCUT2D eigenvalue weighted by molar-refractivity contribution is -0.151. The summed E-state index contributed by atoms with van der Waals surface area (Å²) in [6.45, 7) is 4.49. The Labute approximate surface area is 98.8 Å². The number of rotatable bonds is 3. The fraction of sp³-hybridized carbons (Fsp3) is 0.923. The smallest absolute Gasteiger partial charge is 0.324 e. The molecule has 0 spiro atoms. The van der Waals surface area contributed by atoms with Gasteiger partial charge in [0.25, 0.3) is 0 Å². The van der Waals surface area contributed by atoms with Gasteiger partial charge in [-0.15, -0.1) is 0 Å². The van der Waals surface area contributed by atoms with Gasteiger partial charge < -0.3 is 5.11 Å². The van der Waals surface area contributed by atoms with E-state index in [2.05, 4.69) is 13.8 Å². The van der Waals surface area contributed by atoms with Crippen molar-refractivity contribution in [2.75, 3.05) is 14.1 Å². The molecule has 0 radical (unpaired) electrons. The second kappa shape index (κ2) is 5.17. The molecule has 94 valence electrons. The van der Waals surface area contributed by atoms with Crippen molar-refractivity contribution in [3.8, 4) is 0 Å². The summed E-state index contributed by atoms with van der Waals surface area (Å²) in [6, 6.07) is 0. The molecule has 1 saturated carbocycles. The van der Waals surface area contributed by atoms with E-state index in [9.17, 15) is 9.90 Å². The lowest BCUT2D eigenvalue weighted by Gasteiger charge is -2.35. The number of hydrogen-bond acceptors (Lipinski definition) is 2. The minimum Gasteiger partial charge on any atom is -0.480 e. The molecule has 1 rings (SSSR count). The predicted molar refractivity (Wildman–Crippen MR) is 65.5 cm³/mol. The maximum atomic E-state index is 11.5. The van der Waals surface area contributed by atoms with Crippen LogP contribution in [0.15, 0.2) is 0 Å². The van der Waals surface area contributed by atoms with E-state index in [0.717, 1.165) is 25.7 Å². The molecule has 2 atom stereocenters. The number of hydrogen-bond donors (Lipinski definition) is 1. The van der Waals surface area contributed by atoms with Crippen molar-refractivity contribution in [2.45, 2.75) is 51.5 Å². The minimum absolute atomic E-state index is 0.621. The Hall–Kier alpha value is -0.570. The Morgan fingerprint density at radius 3 is 2.38 bits per heavy atom. The Bertz CT molecular complexity index is 250. The van der Waals surface area contributed by atoms with Gasteiger partial charge in [0.1, 0.15) is 5.54 Å². The topological polar surface area (TPSA) is 40.5 Å². The van der Waals surface area contributed by atoms with Crippen LogP contribution in [0.2, 0.25) is 0 Å². The summed E-state index contributed by atoms with van der Waals surface area (Å²) in [6.07, 6.45) is 4.84. The summed E-state index contributed by atoms with van der Waals surface area (Å²) in [5, 5.41) is 9.47. The van der Waals surface area contributed by atoms with Crippen molar-refractivity contribution in [3.63, 3.8) is 0 Å². The Morgan fingerprint density at radius 1 is 1.31 bits per heavy atom. The van der Waals surface area contributed by atoms with Crippen molar-refractivity contribution < 1.29 is 9.90 Å². The largest absolute Gasteiger partial charge is 0.480 e. The monoisotopic (exact) mass is 227 g/mol. The van der Waals surface area contributed by atoms with Crippen molar-refractivity contribution in [1.29, 1.82) is 0 Å². The Balaban J connectivity index is 2.79. The predicted octanol–water partition coefficient (Wildman–Crippen LogP) is 2.61. The van der Waals surface area contributed by atoms with Crippen LogP contribution in [0.3, 0.4) is 0 Å². The maximum Gasteiger partial charge on any atom is 0.324 e. The summed E-state index contributed by atoms with van der Waals surface area (Å²) >= 11 is 0. The van der Waals surface area contributed by atoms with Crippen LogP contribution in [-0.2, 0) is 4.79 Å². The van der Waals surface area contributed by atoms with E-state index in [1.54, 1.807) is 0 Å². The molecular weight excluding hydrogens is 202 g/mol. The molecule has 0 aromatic heterocycles. The zero-order valence-corrected chi connectivity index (χ0v) is 11.0. The molecule has 1 fully saturated rings. The average molecular weight is 227 g/mol. The van der Waals surface area contributed by atoms with Gasteiger partial charge in [0.05, 0.1) is 0 Å².